The van der Waals surface area contributed by atoms with Gasteiger partial charge < -0.3 is 23.9 Å². The number of fused-ring (bicyclic) bond motifs is 1. The minimum absolute atomic E-state index is 0.0885. The summed E-state index contributed by atoms with van der Waals surface area (Å²) in [7, 11) is 1.58. The number of anilines is 1. The van der Waals surface area contributed by atoms with Crippen LogP contribution in [0.1, 0.15) is 47.8 Å². The molecule has 1 saturated carbocycles. The molecule has 2 aliphatic rings. The van der Waals surface area contributed by atoms with Crippen LogP contribution >= 0.6 is 0 Å². The molecule has 0 radical (unpaired) electrons. The predicted molar refractivity (Wildman–Crippen MR) is 124 cm³/mol. The third kappa shape index (κ3) is 4.31. The van der Waals surface area contributed by atoms with Crippen LogP contribution in [0.15, 0.2) is 65.3 Å². The Kier molecular flexibility index (Phi) is 6.12. The quantitative estimate of drug-likeness (QED) is 0.557. The maximum Gasteiger partial charge on any atom is 0.294 e. The third-order valence-corrected chi connectivity index (χ3v) is 6.22. The van der Waals surface area contributed by atoms with Crippen LogP contribution in [0.4, 0.5) is 5.69 Å². The van der Waals surface area contributed by atoms with E-state index in [-0.39, 0.29) is 24.5 Å². The van der Waals surface area contributed by atoms with Gasteiger partial charge in [0.2, 0.25) is 12.7 Å². The second-order valence-corrected chi connectivity index (χ2v) is 8.36. The van der Waals surface area contributed by atoms with E-state index in [2.05, 4.69) is 5.32 Å². The number of rotatable bonds is 7. The maximum atomic E-state index is 13.8. The lowest BCUT2D eigenvalue weighted by Crippen LogP contribution is -2.46. The number of carbonyl (C=O) groups is 2. The van der Waals surface area contributed by atoms with Gasteiger partial charge in [0, 0.05) is 17.8 Å². The monoisotopic (exact) mass is 462 g/mol. The topological polar surface area (TPSA) is 90.2 Å². The molecule has 34 heavy (non-hydrogen) atoms. The fraction of sp³-hybridized carbons (Fsp3) is 0.308. The number of nitrogens with zero attached hydrogens (tertiary/aromatic N) is 1. The summed E-state index contributed by atoms with van der Waals surface area (Å²) < 4.78 is 21.7. The van der Waals surface area contributed by atoms with E-state index in [9.17, 15) is 9.59 Å². The summed E-state index contributed by atoms with van der Waals surface area (Å²) in [5, 5.41) is 3.16. The minimum atomic E-state index is -0.940. The van der Waals surface area contributed by atoms with Gasteiger partial charge in [-0.3, -0.25) is 14.5 Å². The van der Waals surface area contributed by atoms with Crippen LogP contribution in [0.25, 0.3) is 0 Å². The van der Waals surface area contributed by atoms with Crippen LogP contribution in [0.5, 0.6) is 17.2 Å². The molecular weight excluding hydrogens is 436 g/mol. The average Bonchev–Trinajstić information content (AvgIpc) is 3.64. The second-order valence-electron chi connectivity index (χ2n) is 8.36. The van der Waals surface area contributed by atoms with Crippen LogP contribution < -0.4 is 24.4 Å². The summed E-state index contributed by atoms with van der Waals surface area (Å²) in [6.07, 6.45) is 5.45. The number of carbonyl (C=O) groups excluding carboxylic acids is 2. The Hall–Kier alpha value is -3.94. The molecule has 3 aromatic rings. The number of hydrogen-bond acceptors (Lipinski definition) is 6. The molecule has 0 saturated heterocycles. The number of amides is 2. The molecular formula is C26H26N2O6. The fourth-order valence-electron chi connectivity index (χ4n) is 4.49. The molecule has 1 aliphatic heterocycles. The van der Waals surface area contributed by atoms with Crippen molar-refractivity contribution >= 4 is 17.5 Å². The fourth-order valence-corrected chi connectivity index (χ4v) is 4.49. The maximum absolute atomic E-state index is 13.8. The SMILES string of the molecule is COc1ccc([C@@H](C(=O)NC2CCCC2)N(C(=O)c2ccco2)c2ccc3c(c2)OCO3)cc1. The van der Waals surface area contributed by atoms with Crippen molar-refractivity contribution in [1.82, 2.24) is 5.32 Å². The van der Waals surface area contributed by atoms with Crippen LogP contribution in [-0.4, -0.2) is 31.8 Å². The van der Waals surface area contributed by atoms with Gasteiger partial charge in [-0.25, -0.2) is 0 Å². The summed E-state index contributed by atoms with van der Waals surface area (Å²) in [5.74, 6) is 1.20. The molecule has 2 heterocycles. The Morgan fingerprint density at radius 2 is 1.79 bits per heavy atom. The zero-order chi connectivity index (χ0) is 23.5. The first-order valence-corrected chi connectivity index (χ1v) is 11.3. The molecule has 8 nitrogen and oxygen atoms in total. The number of nitrogens with one attached hydrogen (secondary N) is 1. The lowest BCUT2D eigenvalue weighted by Gasteiger charge is -2.32. The van der Waals surface area contributed by atoms with Gasteiger partial charge in [0.05, 0.1) is 13.4 Å². The van der Waals surface area contributed by atoms with Crippen molar-refractivity contribution in [2.24, 2.45) is 0 Å². The van der Waals surface area contributed by atoms with Crippen molar-refractivity contribution in [3.63, 3.8) is 0 Å². The van der Waals surface area contributed by atoms with Gasteiger partial charge >= 0.3 is 0 Å². The van der Waals surface area contributed by atoms with E-state index in [1.807, 2.05) is 0 Å². The van der Waals surface area contributed by atoms with Crippen LogP contribution in [-0.2, 0) is 4.79 Å². The molecule has 176 valence electrons. The smallest absolute Gasteiger partial charge is 0.294 e. The summed E-state index contributed by atoms with van der Waals surface area (Å²) >= 11 is 0. The van der Waals surface area contributed by atoms with Crippen LogP contribution in [0.2, 0.25) is 0 Å². The zero-order valence-corrected chi connectivity index (χ0v) is 18.9. The number of methoxy groups -OCH3 is 1. The number of furan rings is 1. The van der Waals surface area contributed by atoms with Crippen molar-refractivity contribution in [3.05, 3.63) is 72.2 Å². The van der Waals surface area contributed by atoms with Crippen molar-refractivity contribution < 1.29 is 28.2 Å². The standard InChI is InChI=1S/C26H26N2O6/c1-31-20-11-8-17(9-12-20)24(25(29)27-18-5-2-3-6-18)28(26(30)22-7-4-14-32-22)19-10-13-21-23(15-19)34-16-33-21/h4,7-15,18,24H,2-3,5-6,16H2,1H3,(H,27,29)/t24-/m0/s1. The van der Waals surface area contributed by atoms with Gasteiger partial charge in [0.15, 0.2) is 17.3 Å². The molecule has 0 unspecified atom stereocenters. The largest absolute Gasteiger partial charge is 0.497 e. The molecule has 2 aromatic carbocycles. The van der Waals surface area contributed by atoms with E-state index in [4.69, 9.17) is 18.6 Å². The van der Waals surface area contributed by atoms with Gasteiger partial charge in [-0.2, -0.15) is 0 Å². The highest BCUT2D eigenvalue weighted by Crippen LogP contribution is 2.39. The van der Waals surface area contributed by atoms with E-state index in [0.29, 0.717) is 28.5 Å². The van der Waals surface area contributed by atoms with Crippen molar-refractivity contribution in [3.8, 4) is 17.2 Å². The van der Waals surface area contributed by atoms with Crippen LogP contribution in [0.3, 0.4) is 0 Å². The zero-order valence-electron chi connectivity index (χ0n) is 18.9. The number of hydrogen-bond donors (Lipinski definition) is 1. The normalized spacial score (nSPS) is 15.7. The Morgan fingerprint density at radius 1 is 1.03 bits per heavy atom. The average molecular weight is 463 g/mol. The van der Waals surface area contributed by atoms with E-state index in [0.717, 1.165) is 25.7 Å². The van der Waals surface area contributed by atoms with Crippen molar-refractivity contribution in [2.45, 2.75) is 37.8 Å². The first-order chi connectivity index (χ1) is 16.6. The lowest BCUT2D eigenvalue weighted by atomic mass is 10.0. The second kappa shape index (κ2) is 9.51. The molecule has 8 heteroatoms. The molecule has 1 N–H and O–H groups in total. The number of benzene rings is 2. The summed E-state index contributed by atoms with van der Waals surface area (Å²) in [6, 6.07) is 14.7. The molecule has 5 rings (SSSR count). The third-order valence-electron chi connectivity index (χ3n) is 6.22. The summed E-state index contributed by atoms with van der Waals surface area (Å²) in [5.41, 5.74) is 1.14. The molecule has 1 aliphatic carbocycles. The summed E-state index contributed by atoms with van der Waals surface area (Å²) in [4.78, 5) is 28.9. The van der Waals surface area contributed by atoms with E-state index in [1.54, 1.807) is 61.7 Å². The molecule has 1 atom stereocenters. The highest BCUT2D eigenvalue weighted by molar-refractivity contribution is 6.08. The Bertz CT molecular complexity index is 1150. The van der Waals surface area contributed by atoms with Crippen molar-refractivity contribution in [1.29, 1.82) is 0 Å². The lowest BCUT2D eigenvalue weighted by molar-refractivity contribution is -0.123. The van der Waals surface area contributed by atoms with Gasteiger partial charge in [-0.15, -0.1) is 0 Å². The van der Waals surface area contributed by atoms with Gasteiger partial charge in [-0.05, 0) is 54.8 Å². The van der Waals surface area contributed by atoms with Gasteiger partial charge in [0.1, 0.15) is 11.8 Å². The van der Waals surface area contributed by atoms with Gasteiger partial charge in [0.25, 0.3) is 5.91 Å². The summed E-state index contributed by atoms with van der Waals surface area (Å²) in [6.45, 7) is 0.106. The van der Waals surface area contributed by atoms with E-state index < -0.39 is 11.9 Å². The minimum Gasteiger partial charge on any atom is -0.497 e. The van der Waals surface area contributed by atoms with E-state index in [1.165, 1.54) is 11.2 Å². The highest BCUT2D eigenvalue weighted by Gasteiger charge is 2.36. The predicted octanol–water partition coefficient (Wildman–Crippen LogP) is 4.46. The molecule has 0 spiro atoms. The molecule has 1 fully saturated rings. The molecule has 0 bridgehead atoms. The van der Waals surface area contributed by atoms with Crippen LogP contribution in [0, 0.1) is 0 Å². The Balaban J connectivity index is 1.60. The first-order valence-electron chi connectivity index (χ1n) is 11.3. The van der Waals surface area contributed by atoms with Crippen molar-refractivity contribution in [2.75, 3.05) is 18.8 Å². The van der Waals surface area contributed by atoms with E-state index >= 15 is 0 Å². The molecule has 2 amide bonds. The Morgan fingerprint density at radius 3 is 2.50 bits per heavy atom. The number of ether oxygens (including phenoxy) is 3. The van der Waals surface area contributed by atoms with Gasteiger partial charge in [-0.1, -0.05) is 25.0 Å². The molecule has 1 aromatic heterocycles. The Labute approximate surface area is 197 Å². The highest BCUT2D eigenvalue weighted by atomic mass is 16.7. The first kappa shape index (κ1) is 21.9.